The molecular formula is C19H28IrNSi2-. The molecular weight excluding hydrogens is 491 g/mol. The first-order chi connectivity index (χ1) is 10.00. The molecule has 1 radical (unpaired) electrons. The van der Waals surface area contributed by atoms with Crippen molar-refractivity contribution in [1.29, 1.82) is 0 Å². The van der Waals surface area contributed by atoms with E-state index in [-0.39, 0.29) is 20.1 Å². The van der Waals surface area contributed by atoms with E-state index >= 15 is 0 Å². The number of pyridine rings is 1. The topological polar surface area (TPSA) is 3.88 Å². The average Bonchev–Trinajstić information content (AvgIpc) is 2.37. The van der Waals surface area contributed by atoms with Crippen LogP contribution in [0.2, 0.25) is 39.3 Å². The molecule has 0 unspecified atom stereocenters. The van der Waals surface area contributed by atoms with Crippen LogP contribution in [0, 0.1) is 14.0 Å². The molecule has 1 aromatic carbocycles. The van der Waals surface area contributed by atoms with Crippen molar-refractivity contribution in [2.45, 2.75) is 39.3 Å². The predicted octanol–water partition coefficient (Wildman–Crippen LogP) is 3.55. The first kappa shape index (κ1) is 20.2. The summed E-state index contributed by atoms with van der Waals surface area (Å²) in [6, 6.07) is 11.2. The van der Waals surface area contributed by atoms with Crippen LogP contribution >= 0.6 is 0 Å². The molecule has 0 amide bonds. The van der Waals surface area contributed by atoms with Crippen LogP contribution in [0.5, 0.6) is 0 Å². The van der Waals surface area contributed by atoms with Gasteiger partial charge in [-0.15, -0.1) is 17.7 Å². The predicted molar refractivity (Wildman–Crippen MR) is 103 cm³/mol. The van der Waals surface area contributed by atoms with Gasteiger partial charge in [-0.2, -0.15) is 18.6 Å². The molecule has 127 valence electrons. The molecule has 0 spiro atoms. The summed E-state index contributed by atoms with van der Waals surface area (Å²) in [7, 11) is 1.58. The Hall–Kier alpha value is -0.807. The molecule has 1 heterocycles. The van der Waals surface area contributed by atoms with Crippen molar-refractivity contribution in [3.8, 4) is 11.3 Å². The summed E-state index contributed by atoms with van der Waals surface area (Å²) in [5.41, 5.74) is 3.42. The molecule has 2 aromatic rings. The zero-order chi connectivity index (χ0) is 16.7. The molecule has 4 heteroatoms. The van der Waals surface area contributed by atoms with Crippen molar-refractivity contribution in [2.75, 3.05) is 0 Å². The van der Waals surface area contributed by atoms with Crippen LogP contribution in [-0.2, 0) is 20.1 Å². The minimum atomic E-state index is -1.33. The SMILES string of the molecule is [CH2-]c1ccc([Si](C)(C)C)cc1-c1ccc([Si](C)(C)C)c[n+]1[CH2-].[Ir]. The van der Waals surface area contributed by atoms with E-state index in [0.29, 0.717) is 0 Å². The summed E-state index contributed by atoms with van der Waals surface area (Å²) in [5.74, 6) is 0. The maximum atomic E-state index is 4.23. The zero-order valence-corrected chi connectivity index (χ0v) is 19.6. The molecule has 0 bridgehead atoms. The fourth-order valence-electron chi connectivity index (χ4n) is 2.51. The minimum absolute atomic E-state index is 0. The second kappa shape index (κ2) is 6.98. The molecule has 0 aliphatic carbocycles. The molecule has 1 aromatic heterocycles. The minimum Gasteiger partial charge on any atom is -0.343 e. The van der Waals surface area contributed by atoms with Crippen LogP contribution < -0.4 is 14.9 Å². The van der Waals surface area contributed by atoms with Crippen molar-refractivity contribution in [3.63, 3.8) is 0 Å². The maximum absolute atomic E-state index is 4.23. The number of aromatic nitrogens is 1. The Balaban J connectivity index is 0.00000264. The Morgan fingerprint density at radius 3 is 1.83 bits per heavy atom. The fraction of sp³-hybridized carbons (Fsp3) is 0.316. The molecule has 23 heavy (non-hydrogen) atoms. The molecule has 0 aliphatic heterocycles. The Bertz CT molecular complexity index is 697. The van der Waals surface area contributed by atoms with Crippen molar-refractivity contribution >= 4 is 26.5 Å². The molecule has 0 saturated heterocycles. The van der Waals surface area contributed by atoms with Crippen molar-refractivity contribution < 1.29 is 24.7 Å². The van der Waals surface area contributed by atoms with E-state index in [9.17, 15) is 0 Å². The van der Waals surface area contributed by atoms with Gasteiger partial charge < -0.3 is 4.57 Å². The van der Waals surface area contributed by atoms with E-state index in [2.05, 4.69) is 89.8 Å². The summed E-state index contributed by atoms with van der Waals surface area (Å²) in [5, 5.41) is 2.89. The van der Waals surface area contributed by atoms with Crippen LogP contribution in [0.15, 0.2) is 36.5 Å². The van der Waals surface area contributed by atoms with Gasteiger partial charge >= 0.3 is 0 Å². The number of nitrogens with zero attached hydrogens (tertiary/aromatic N) is 1. The largest absolute Gasteiger partial charge is 0.343 e. The van der Waals surface area contributed by atoms with E-state index in [4.69, 9.17) is 0 Å². The molecule has 2 rings (SSSR count). The van der Waals surface area contributed by atoms with Gasteiger partial charge in [0.05, 0.1) is 28.0 Å². The average molecular weight is 519 g/mol. The number of benzene rings is 1. The van der Waals surface area contributed by atoms with E-state index in [1.54, 1.807) is 0 Å². The van der Waals surface area contributed by atoms with E-state index < -0.39 is 16.1 Å². The van der Waals surface area contributed by atoms with Crippen LogP contribution in [0.3, 0.4) is 0 Å². The van der Waals surface area contributed by atoms with E-state index in [1.165, 1.54) is 15.9 Å². The molecule has 0 aliphatic rings. The second-order valence-corrected chi connectivity index (χ2v) is 18.3. The number of rotatable bonds is 3. The molecule has 1 nitrogen and oxygen atoms in total. The first-order valence-corrected chi connectivity index (χ1v) is 14.8. The monoisotopic (exact) mass is 519 g/mol. The number of hydrogen-bond donors (Lipinski definition) is 0. The molecule has 0 atom stereocenters. The third-order valence-electron chi connectivity index (χ3n) is 4.14. The zero-order valence-electron chi connectivity index (χ0n) is 15.2. The van der Waals surface area contributed by atoms with E-state index in [0.717, 1.165) is 11.3 Å². The van der Waals surface area contributed by atoms with Crippen molar-refractivity contribution in [2.24, 2.45) is 0 Å². The van der Waals surface area contributed by atoms with Gasteiger partial charge in [-0.25, -0.2) is 0 Å². The van der Waals surface area contributed by atoms with Gasteiger partial charge in [0, 0.05) is 27.2 Å². The summed E-state index contributed by atoms with van der Waals surface area (Å²) in [6.07, 6.45) is 2.20. The third-order valence-corrected chi connectivity index (χ3v) is 8.21. The van der Waals surface area contributed by atoms with E-state index in [1.807, 2.05) is 4.57 Å². The maximum Gasteiger partial charge on any atom is 0.0748 e. The molecule has 0 saturated carbocycles. The van der Waals surface area contributed by atoms with Crippen molar-refractivity contribution in [3.05, 3.63) is 56.1 Å². The molecule has 0 fully saturated rings. The normalized spacial score (nSPS) is 11.9. The van der Waals surface area contributed by atoms with Gasteiger partial charge in [0.15, 0.2) is 0 Å². The summed E-state index contributed by atoms with van der Waals surface area (Å²) >= 11 is 0. The first-order valence-electron chi connectivity index (χ1n) is 7.84. The van der Waals surface area contributed by atoms with Crippen LogP contribution in [0.1, 0.15) is 5.56 Å². The van der Waals surface area contributed by atoms with Crippen LogP contribution in [0.25, 0.3) is 11.3 Å². The molecule has 0 N–H and O–H groups in total. The van der Waals surface area contributed by atoms with Gasteiger partial charge in [0.2, 0.25) is 0 Å². The Kier molecular flexibility index (Phi) is 6.14. The van der Waals surface area contributed by atoms with Gasteiger partial charge in [0.25, 0.3) is 0 Å². The summed E-state index contributed by atoms with van der Waals surface area (Å²) in [6.45, 7) is 18.4. The smallest absolute Gasteiger partial charge is 0.0748 e. The van der Waals surface area contributed by atoms with Gasteiger partial charge in [-0.3, -0.25) is 0 Å². The third kappa shape index (κ3) is 4.60. The summed E-state index contributed by atoms with van der Waals surface area (Å²) in [4.78, 5) is 0. The summed E-state index contributed by atoms with van der Waals surface area (Å²) < 4.78 is 2.02. The Morgan fingerprint density at radius 1 is 0.826 bits per heavy atom. The fourth-order valence-corrected chi connectivity index (χ4v) is 4.80. The quantitative estimate of drug-likeness (QED) is 0.332. The van der Waals surface area contributed by atoms with Crippen molar-refractivity contribution in [1.82, 2.24) is 0 Å². The van der Waals surface area contributed by atoms with Gasteiger partial charge in [-0.05, 0) is 0 Å². The van der Waals surface area contributed by atoms with Crippen LogP contribution in [0.4, 0.5) is 0 Å². The second-order valence-electron chi connectivity index (χ2n) is 8.14. The van der Waals surface area contributed by atoms with Gasteiger partial charge in [-0.1, -0.05) is 61.8 Å². The van der Waals surface area contributed by atoms with Gasteiger partial charge in [0.1, 0.15) is 0 Å². The Morgan fingerprint density at radius 2 is 1.35 bits per heavy atom. The Labute approximate surface area is 157 Å². The number of hydrogen-bond acceptors (Lipinski definition) is 0. The standard InChI is InChI=1S/C19H28NSi2.Ir/c1-15-9-10-16(21(3,4)5)13-18(15)19-12-11-17(14-20(19)2)22(6,7)8;/h9-14H,1-2H2,3-8H3;/q-1;. The van der Waals surface area contributed by atoms with Crippen LogP contribution in [-0.4, -0.2) is 16.1 Å².